The number of fused-ring (bicyclic) bond motifs is 9. The highest BCUT2D eigenvalue weighted by molar-refractivity contribution is 6.19. The molecule has 0 unspecified atom stereocenters. The lowest BCUT2D eigenvalue weighted by molar-refractivity contribution is 0.647. The average molecular weight is 628 g/mol. The maximum Gasteiger partial charge on any atom is 0.136 e. The van der Waals surface area contributed by atoms with Gasteiger partial charge in [-0.2, -0.15) is 0 Å². The van der Waals surface area contributed by atoms with Crippen molar-refractivity contribution in [3.63, 3.8) is 0 Å². The van der Waals surface area contributed by atoms with Gasteiger partial charge >= 0.3 is 0 Å². The summed E-state index contributed by atoms with van der Waals surface area (Å²) in [5.41, 5.74) is 12.7. The third-order valence-electron chi connectivity index (χ3n) is 10.6. The van der Waals surface area contributed by atoms with E-state index in [4.69, 9.17) is 4.42 Å². The predicted octanol–water partition coefficient (Wildman–Crippen LogP) is 13.3. The van der Waals surface area contributed by atoms with Crippen molar-refractivity contribution in [3.8, 4) is 22.3 Å². The molecule has 8 aromatic carbocycles. The second-order valence-corrected chi connectivity index (χ2v) is 13.7. The lowest BCUT2D eigenvalue weighted by atomic mass is 9.81. The van der Waals surface area contributed by atoms with E-state index >= 15 is 0 Å². The van der Waals surface area contributed by atoms with Crippen molar-refractivity contribution >= 4 is 60.5 Å². The third-order valence-corrected chi connectivity index (χ3v) is 10.6. The molecule has 0 saturated heterocycles. The maximum absolute atomic E-state index is 6.79. The monoisotopic (exact) mass is 627 g/mol. The van der Waals surface area contributed by atoms with Gasteiger partial charge in [0.2, 0.25) is 0 Å². The average Bonchev–Trinajstić information content (AvgIpc) is 3.63. The van der Waals surface area contributed by atoms with Crippen LogP contribution in [-0.4, -0.2) is 0 Å². The van der Waals surface area contributed by atoms with Gasteiger partial charge in [0.1, 0.15) is 11.2 Å². The topological polar surface area (TPSA) is 16.4 Å². The van der Waals surface area contributed by atoms with E-state index in [-0.39, 0.29) is 5.41 Å². The molecule has 2 heteroatoms. The second-order valence-electron chi connectivity index (χ2n) is 13.7. The number of nitrogens with zero attached hydrogens (tertiary/aromatic N) is 1. The molecule has 0 aliphatic heterocycles. The van der Waals surface area contributed by atoms with E-state index in [1.807, 2.05) is 0 Å². The quantitative estimate of drug-likeness (QED) is 0.181. The van der Waals surface area contributed by atoms with Crippen LogP contribution >= 0.6 is 0 Å². The molecule has 0 amide bonds. The fraction of sp³-hybridized carbons (Fsp3) is 0.0638. The summed E-state index contributed by atoms with van der Waals surface area (Å²) in [5.74, 6) is 0. The first-order chi connectivity index (χ1) is 24.1. The van der Waals surface area contributed by atoms with Crippen LogP contribution in [0.15, 0.2) is 168 Å². The van der Waals surface area contributed by atoms with E-state index in [2.05, 4.69) is 183 Å². The van der Waals surface area contributed by atoms with E-state index in [0.717, 1.165) is 39.0 Å². The van der Waals surface area contributed by atoms with Crippen LogP contribution in [0.2, 0.25) is 0 Å². The zero-order chi connectivity index (χ0) is 32.7. The van der Waals surface area contributed by atoms with Crippen LogP contribution in [-0.2, 0) is 5.41 Å². The Morgan fingerprint density at radius 1 is 0.469 bits per heavy atom. The van der Waals surface area contributed by atoms with E-state index in [1.165, 1.54) is 54.9 Å². The van der Waals surface area contributed by atoms with Crippen molar-refractivity contribution in [2.75, 3.05) is 4.90 Å². The summed E-state index contributed by atoms with van der Waals surface area (Å²) in [6.07, 6.45) is 0. The fourth-order valence-electron chi connectivity index (χ4n) is 8.35. The molecule has 0 spiro atoms. The van der Waals surface area contributed by atoms with Gasteiger partial charge in [0.15, 0.2) is 0 Å². The Labute approximate surface area is 285 Å². The Bertz CT molecular complexity index is 2740. The summed E-state index contributed by atoms with van der Waals surface area (Å²) in [5, 5.41) is 7.21. The van der Waals surface area contributed by atoms with Crippen LogP contribution in [0, 0.1) is 0 Å². The molecule has 1 heterocycles. The van der Waals surface area contributed by atoms with Crippen LogP contribution in [0.3, 0.4) is 0 Å². The standard InChI is InChI=1S/C47H33NO/c1-47(2)39-24-14-13-23-37(39)45-40(47)29-43-46(44(45)30-15-5-3-6-16-30)38-28-33(25-26-42(38)49-43)48(32-18-7-4-8-19-32)41-27-31-17-9-10-20-34(31)35-21-11-12-22-36(35)41/h3-29H,1-2H3. The van der Waals surface area contributed by atoms with Crippen LogP contribution in [0.5, 0.6) is 0 Å². The van der Waals surface area contributed by atoms with Crippen molar-refractivity contribution in [1.82, 2.24) is 0 Å². The van der Waals surface area contributed by atoms with Crippen LogP contribution < -0.4 is 4.90 Å². The van der Waals surface area contributed by atoms with E-state index < -0.39 is 0 Å². The fourth-order valence-corrected chi connectivity index (χ4v) is 8.35. The molecule has 232 valence electrons. The molecule has 49 heavy (non-hydrogen) atoms. The van der Waals surface area contributed by atoms with E-state index in [0.29, 0.717) is 0 Å². The van der Waals surface area contributed by atoms with Crippen LogP contribution in [0.1, 0.15) is 25.0 Å². The maximum atomic E-state index is 6.79. The zero-order valence-electron chi connectivity index (χ0n) is 27.4. The van der Waals surface area contributed by atoms with Gasteiger partial charge in [-0.3, -0.25) is 0 Å². The van der Waals surface area contributed by atoms with Crippen LogP contribution in [0.4, 0.5) is 17.1 Å². The molecular formula is C47H33NO. The van der Waals surface area contributed by atoms with Crippen molar-refractivity contribution in [1.29, 1.82) is 0 Å². The van der Waals surface area contributed by atoms with Crippen molar-refractivity contribution in [3.05, 3.63) is 175 Å². The minimum atomic E-state index is -0.144. The number of benzene rings is 8. The Hall–Kier alpha value is -6.12. The van der Waals surface area contributed by atoms with Gasteiger partial charge in [-0.05, 0) is 86.4 Å². The number of anilines is 3. The van der Waals surface area contributed by atoms with E-state index in [1.54, 1.807) is 0 Å². The van der Waals surface area contributed by atoms with Crippen molar-refractivity contribution in [2.45, 2.75) is 19.3 Å². The lowest BCUT2D eigenvalue weighted by Crippen LogP contribution is -2.14. The highest BCUT2D eigenvalue weighted by atomic mass is 16.3. The molecule has 9 aromatic rings. The van der Waals surface area contributed by atoms with Crippen molar-refractivity contribution < 1.29 is 4.42 Å². The highest BCUT2D eigenvalue weighted by Gasteiger charge is 2.38. The first kappa shape index (κ1) is 27.9. The Balaban J connectivity index is 1.30. The minimum absolute atomic E-state index is 0.144. The first-order valence-electron chi connectivity index (χ1n) is 17.0. The molecule has 0 atom stereocenters. The van der Waals surface area contributed by atoms with Gasteiger partial charge in [0.05, 0.1) is 5.69 Å². The second kappa shape index (κ2) is 10.4. The molecule has 0 radical (unpaired) electrons. The van der Waals surface area contributed by atoms with Gasteiger partial charge in [-0.1, -0.05) is 135 Å². The lowest BCUT2D eigenvalue weighted by Gasteiger charge is -2.27. The van der Waals surface area contributed by atoms with Crippen LogP contribution in [0.25, 0.3) is 65.7 Å². The molecule has 1 aromatic heterocycles. The first-order valence-corrected chi connectivity index (χ1v) is 17.0. The third kappa shape index (κ3) is 4.07. The molecule has 0 bridgehead atoms. The van der Waals surface area contributed by atoms with Gasteiger partial charge in [-0.15, -0.1) is 0 Å². The highest BCUT2D eigenvalue weighted by Crippen LogP contribution is 2.56. The summed E-state index contributed by atoms with van der Waals surface area (Å²) in [7, 11) is 0. The summed E-state index contributed by atoms with van der Waals surface area (Å²) in [6, 6.07) is 59.3. The zero-order valence-corrected chi connectivity index (χ0v) is 27.4. The Morgan fingerprint density at radius 2 is 1.14 bits per heavy atom. The summed E-state index contributed by atoms with van der Waals surface area (Å²) < 4.78 is 6.79. The Kier molecular flexibility index (Phi) is 5.95. The number of furan rings is 1. The summed E-state index contributed by atoms with van der Waals surface area (Å²) >= 11 is 0. The van der Waals surface area contributed by atoms with Gasteiger partial charge in [-0.25, -0.2) is 0 Å². The van der Waals surface area contributed by atoms with Gasteiger partial charge in [0, 0.05) is 38.5 Å². The smallest absolute Gasteiger partial charge is 0.136 e. The molecule has 0 saturated carbocycles. The number of hydrogen-bond donors (Lipinski definition) is 0. The summed E-state index contributed by atoms with van der Waals surface area (Å²) in [6.45, 7) is 4.68. The molecule has 1 aliphatic carbocycles. The number of para-hydroxylation sites is 1. The van der Waals surface area contributed by atoms with Gasteiger partial charge < -0.3 is 9.32 Å². The number of rotatable bonds is 4. The molecular weight excluding hydrogens is 595 g/mol. The predicted molar refractivity (Wildman–Crippen MR) is 206 cm³/mol. The number of hydrogen-bond acceptors (Lipinski definition) is 2. The molecule has 10 rings (SSSR count). The van der Waals surface area contributed by atoms with Crippen molar-refractivity contribution in [2.24, 2.45) is 0 Å². The molecule has 0 fully saturated rings. The van der Waals surface area contributed by atoms with Gasteiger partial charge in [0.25, 0.3) is 0 Å². The summed E-state index contributed by atoms with van der Waals surface area (Å²) in [4.78, 5) is 2.40. The SMILES string of the molecule is CC1(C)c2ccccc2-c2c1cc1oc3ccc(N(c4ccccc4)c4cc5ccccc5c5ccccc45)cc3c1c2-c1ccccc1. The Morgan fingerprint density at radius 3 is 1.96 bits per heavy atom. The normalized spacial score (nSPS) is 13.3. The van der Waals surface area contributed by atoms with E-state index in [9.17, 15) is 0 Å². The molecule has 1 aliphatic rings. The molecule has 2 nitrogen and oxygen atoms in total. The minimum Gasteiger partial charge on any atom is -0.456 e. The largest absolute Gasteiger partial charge is 0.456 e. The molecule has 0 N–H and O–H groups in total.